The Labute approximate surface area is 127 Å². The molecule has 0 unspecified atom stereocenters. The Hall–Kier alpha value is -1.88. The molecular formula is C15H17ClN2O3. The van der Waals surface area contributed by atoms with Gasteiger partial charge in [0.15, 0.2) is 0 Å². The molecule has 1 fully saturated rings. The molecule has 3 N–H and O–H groups in total. The van der Waals surface area contributed by atoms with Crippen LogP contribution in [0, 0.1) is 5.92 Å². The molecule has 1 aromatic carbocycles. The van der Waals surface area contributed by atoms with Gasteiger partial charge in [-0.1, -0.05) is 23.7 Å². The van der Waals surface area contributed by atoms with Crippen molar-refractivity contribution in [3.63, 3.8) is 0 Å². The first kappa shape index (κ1) is 15.5. The largest absolute Gasteiger partial charge is 0.368 e. The molecule has 2 rings (SSSR count). The van der Waals surface area contributed by atoms with E-state index in [0.717, 1.165) is 6.42 Å². The van der Waals surface area contributed by atoms with Gasteiger partial charge in [-0.2, -0.15) is 0 Å². The van der Waals surface area contributed by atoms with Crippen molar-refractivity contribution in [2.24, 2.45) is 11.7 Å². The third-order valence-electron chi connectivity index (χ3n) is 3.70. The van der Waals surface area contributed by atoms with Gasteiger partial charge in [-0.15, -0.1) is 0 Å². The van der Waals surface area contributed by atoms with Crippen LogP contribution in [-0.4, -0.2) is 23.6 Å². The van der Waals surface area contributed by atoms with Gasteiger partial charge in [-0.25, -0.2) is 0 Å². The summed E-state index contributed by atoms with van der Waals surface area (Å²) in [5.41, 5.74) is 5.66. The number of nitrogens with two attached hydrogens (primary N) is 1. The maximum absolute atomic E-state index is 12.2. The lowest BCUT2D eigenvalue weighted by atomic mass is 9.82. The van der Waals surface area contributed by atoms with Crippen LogP contribution < -0.4 is 11.1 Å². The van der Waals surface area contributed by atoms with Crippen LogP contribution in [0.3, 0.4) is 0 Å². The number of hydrogen-bond acceptors (Lipinski definition) is 3. The fourth-order valence-electron chi connectivity index (χ4n) is 2.63. The number of nitrogens with one attached hydrogen (secondary N) is 1. The molecular weight excluding hydrogens is 292 g/mol. The molecule has 0 saturated heterocycles. The molecule has 5 nitrogen and oxygen atoms in total. The van der Waals surface area contributed by atoms with Gasteiger partial charge in [0.2, 0.25) is 5.91 Å². The lowest BCUT2D eigenvalue weighted by Gasteiger charge is -2.28. The van der Waals surface area contributed by atoms with Crippen molar-refractivity contribution >= 4 is 29.2 Å². The molecule has 0 spiro atoms. The summed E-state index contributed by atoms with van der Waals surface area (Å²) in [5, 5.41) is 2.92. The Bertz CT molecular complexity index is 574. The van der Waals surface area contributed by atoms with E-state index in [0.29, 0.717) is 17.9 Å². The van der Waals surface area contributed by atoms with Crippen LogP contribution in [0.25, 0.3) is 0 Å². The third-order valence-corrected chi connectivity index (χ3v) is 4.03. The van der Waals surface area contributed by atoms with Crippen molar-refractivity contribution in [3.05, 3.63) is 34.9 Å². The number of halogens is 1. The first-order valence-corrected chi connectivity index (χ1v) is 7.23. The van der Waals surface area contributed by atoms with Crippen LogP contribution in [0.15, 0.2) is 24.3 Å². The smallest absolute Gasteiger partial charge is 0.253 e. The average Bonchev–Trinajstić information content (AvgIpc) is 2.44. The Kier molecular flexibility index (Phi) is 4.96. The number of amides is 2. The fraction of sp³-hybridized carbons (Fsp3) is 0.400. The molecule has 0 aromatic heterocycles. The van der Waals surface area contributed by atoms with Crippen LogP contribution >= 0.6 is 11.6 Å². The minimum atomic E-state index is -0.849. The summed E-state index contributed by atoms with van der Waals surface area (Å²) in [4.78, 5) is 35.4. The van der Waals surface area contributed by atoms with Crippen molar-refractivity contribution in [1.82, 2.24) is 5.32 Å². The lowest BCUT2D eigenvalue weighted by molar-refractivity contribution is -0.124. The number of ketones is 1. The quantitative estimate of drug-likeness (QED) is 0.887. The second kappa shape index (κ2) is 6.72. The van der Waals surface area contributed by atoms with Crippen molar-refractivity contribution in [1.29, 1.82) is 0 Å². The molecule has 0 bridgehead atoms. The maximum atomic E-state index is 12.2. The summed E-state index contributed by atoms with van der Waals surface area (Å²) in [6, 6.07) is 5.72. The molecule has 0 heterocycles. The van der Waals surface area contributed by atoms with Crippen molar-refractivity contribution in [3.8, 4) is 0 Å². The minimum absolute atomic E-state index is 0.101. The van der Waals surface area contributed by atoms with Crippen molar-refractivity contribution < 1.29 is 14.4 Å². The van der Waals surface area contributed by atoms with Gasteiger partial charge in [0.05, 0.1) is 10.6 Å². The summed E-state index contributed by atoms with van der Waals surface area (Å²) < 4.78 is 0. The number of hydrogen-bond donors (Lipinski definition) is 2. The minimum Gasteiger partial charge on any atom is -0.368 e. The number of primary amides is 1. The fourth-order valence-corrected chi connectivity index (χ4v) is 2.85. The second-order valence-electron chi connectivity index (χ2n) is 5.23. The normalized spacial score (nSPS) is 19.9. The number of benzene rings is 1. The zero-order valence-corrected chi connectivity index (χ0v) is 12.2. The van der Waals surface area contributed by atoms with Crippen LogP contribution in [0.1, 0.15) is 36.0 Å². The number of carbonyl (C=O) groups is 3. The molecule has 6 heteroatoms. The van der Waals surface area contributed by atoms with Crippen LogP contribution in [0.4, 0.5) is 0 Å². The van der Waals surface area contributed by atoms with Gasteiger partial charge in [-0.05, 0) is 30.9 Å². The SMILES string of the molecule is NC(=O)[C@H](NC(=O)c1ccccc1Cl)[C@H]1CCCC(=O)C1. The number of rotatable bonds is 4. The Morgan fingerprint density at radius 3 is 2.67 bits per heavy atom. The van der Waals surface area contributed by atoms with Gasteiger partial charge >= 0.3 is 0 Å². The molecule has 1 aromatic rings. The van der Waals surface area contributed by atoms with Crippen LogP contribution in [-0.2, 0) is 9.59 Å². The van der Waals surface area contributed by atoms with E-state index in [9.17, 15) is 14.4 Å². The van der Waals surface area contributed by atoms with E-state index in [1.807, 2.05) is 0 Å². The lowest BCUT2D eigenvalue weighted by Crippen LogP contribution is -2.50. The van der Waals surface area contributed by atoms with Gasteiger partial charge in [0.25, 0.3) is 5.91 Å². The number of carbonyl (C=O) groups excluding carboxylic acids is 3. The summed E-state index contributed by atoms with van der Waals surface area (Å²) in [6.45, 7) is 0. The van der Waals surface area contributed by atoms with E-state index in [-0.39, 0.29) is 23.7 Å². The molecule has 1 saturated carbocycles. The van der Waals surface area contributed by atoms with Crippen LogP contribution in [0.5, 0.6) is 0 Å². The van der Waals surface area contributed by atoms with Crippen molar-refractivity contribution in [2.75, 3.05) is 0 Å². The van der Waals surface area contributed by atoms with E-state index < -0.39 is 17.9 Å². The Balaban J connectivity index is 2.13. The molecule has 112 valence electrons. The Morgan fingerprint density at radius 1 is 1.33 bits per heavy atom. The standard InChI is InChI=1S/C15H17ClN2O3/c16-12-7-2-1-6-11(12)15(21)18-13(14(17)20)9-4-3-5-10(19)8-9/h1-2,6-7,9,13H,3-5,8H2,(H2,17,20)(H,18,21)/t9-,13+/m0/s1. The van der Waals surface area contributed by atoms with E-state index in [2.05, 4.69) is 5.32 Å². The predicted octanol–water partition coefficient (Wildman–Crippen LogP) is 1.68. The number of Topliss-reactive ketones (excluding diaryl/α,β-unsaturated/α-hetero) is 1. The summed E-state index contributed by atoms with van der Waals surface area (Å²) in [6.07, 6.45) is 2.22. The zero-order valence-electron chi connectivity index (χ0n) is 11.5. The highest BCUT2D eigenvalue weighted by atomic mass is 35.5. The van der Waals surface area contributed by atoms with E-state index >= 15 is 0 Å². The van der Waals surface area contributed by atoms with E-state index in [4.69, 9.17) is 17.3 Å². The molecule has 1 aliphatic rings. The molecule has 21 heavy (non-hydrogen) atoms. The summed E-state index contributed by atoms with van der Waals surface area (Å²) in [7, 11) is 0. The summed E-state index contributed by atoms with van der Waals surface area (Å²) in [5.74, 6) is -1.22. The topological polar surface area (TPSA) is 89.3 Å². The van der Waals surface area contributed by atoms with Crippen molar-refractivity contribution in [2.45, 2.75) is 31.7 Å². The Morgan fingerprint density at radius 2 is 2.05 bits per heavy atom. The highest BCUT2D eigenvalue weighted by Crippen LogP contribution is 2.25. The second-order valence-corrected chi connectivity index (χ2v) is 5.64. The zero-order chi connectivity index (χ0) is 15.4. The molecule has 0 radical (unpaired) electrons. The molecule has 2 amide bonds. The van der Waals surface area contributed by atoms with Gasteiger partial charge in [0, 0.05) is 12.8 Å². The highest BCUT2D eigenvalue weighted by molar-refractivity contribution is 6.33. The summed E-state index contributed by atoms with van der Waals surface area (Å²) >= 11 is 5.96. The molecule has 0 aliphatic heterocycles. The van der Waals surface area contributed by atoms with Gasteiger partial charge < -0.3 is 11.1 Å². The van der Waals surface area contributed by atoms with E-state index in [1.165, 1.54) is 0 Å². The predicted molar refractivity (Wildman–Crippen MR) is 78.9 cm³/mol. The average molecular weight is 309 g/mol. The molecule has 2 atom stereocenters. The maximum Gasteiger partial charge on any atom is 0.253 e. The third kappa shape index (κ3) is 3.82. The van der Waals surface area contributed by atoms with Gasteiger partial charge in [0.1, 0.15) is 11.8 Å². The first-order valence-electron chi connectivity index (χ1n) is 6.85. The monoisotopic (exact) mass is 308 g/mol. The highest BCUT2D eigenvalue weighted by Gasteiger charge is 2.32. The van der Waals surface area contributed by atoms with Gasteiger partial charge in [-0.3, -0.25) is 14.4 Å². The first-order chi connectivity index (χ1) is 9.99. The van der Waals surface area contributed by atoms with Crippen LogP contribution in [0.2, 0.25) is 5.02 Å². The van der Waals surface area contributed by atoms with E-state index in [1.54, 1.807) is 24.3 Å². The molecule has 1 aliphatic carbocycles.